The van der Waals surface area contributed by atoms with Crippen molar-refractivity contribution < 1.29 is 14.3 Å². The number of hydrogen-bond acceptors (Lipinski definition) is 4. The average molecular weight is 274 g/mol. The molecule has 1 aromatic rings. The Bertz CT molecular complexity index is 423. The summed E-state index contributed by atoms with van der Waals surface area (Å²) in [5.74, 6) is 0.503. The molecule has 0 unspecified atom stereocenters. The number of alkyl halides is 1. The van der Waals surface area contributed by atoms with Crippen LogP contribution in [0.4, 0.5) is 0 Å². The summed E-state index contributed by atoms with van der Waals surface area (Å²) < 4.78 is 12.8. The Kier molecular flexibility index (Phi) is 4.08. The van der Waals surface area contributed by atoms with Crippen LogP contribution in [0.25, 0.3) is 0 Å². The van der Waals surface area contributed by atoms with Gasteiger partial charge in [-0.1, -0.05) is 0 Å². The summed E-state index contributed by atoms with van der Waals surface area (Å²) >= 11 is 5.55. The van der Waals surface area contributed by atoms with Gasteiger partial charge >= 0.3 is 0 Å². The fourth-order valence-electron chi connectivity index (χ4n) is 1.91. The maximum absolute atomic E-state index is 11.6. The lowest BCUT2D eigenvalue weighted by atomic mass is 10.2. The summed E-state index contributed by atoms with van der Waals surface area (Å²) in [6.07, 6.45) is 3.23. The maximum atomic E-state index is 11.6. The number of amides is 1. The van der Waals surface area contributed by atoms with E-state index >= 15 is 0 Å². The molecule has 0 aromatic carbocycles. The maximum Gasteiger partial charge on any atom is 0.237 e. The third-order valence-electron chi connectivity index (χ3n) is 2.97. The van der Waals surface area contributed by atoms with Crippen molar-refractivity contribution in [3.8, 4) is 5.75 Å². The van der Waals surface area contributed by atoms with Crippen LogP contribution in [0.5, 0.6) is 5.75 Å². The molecule has 0 N–H and O–H groups in total. The first-order valence-corrected chi connectivity index (χ1v) is 6.20. The van der Waals surface area contributed by atoms with E-state index in [4.69, 9.17) is 21.1 Å². The Morgan fingerprint density at radius 1 is 1.72 bits per heavy atom. The Balaban J connectivity index is 2.01. The molecule has 1 amide bonds. The Labute approximate surface area is 110 Å². The Morgan fingerprint density at radius 2 is 2.50 bits per heavy atom. The largest absolute Gasteiger partial charge is 0.482 e. The fourth-order valence-corrected chi connectivity index (χ4v) is 2.10. The molecule has 18 heavy (non-hydrogen) atoms. The lowest BCUT2D eigenvalue weighted by molar-refractivity contribution is -0.130. The molecule has 7 heteroatoms. The van der Waals surface area contributed by atoms with E-state index in [2.05, 4.69) is 5.10 Å². The number of hydrogen-bond donors (Lipinski definition) is 0. The monoisotopic (exact) mass is 273 g/mol. The van der Waals surface area contributed by atoms with Crippen molar-refractivity contribution in [2.75, 3.05) is 26.1 Å². The predicted octanol–water partition coefficient (Wildman–Crippen LogP) is 0.263. The van der Waals surface area contributed by atoms with Crippen LogP contribution in [0, 0.1) is 0 Å². The lowest BCUT2D eigenvalue weighted by Crippen LogP contribution is -2.46. The number of halogens is 1. The van der Waals surface area contributed by atoms with E-state index < -0.39 is 0 Å². The van der Waals surface area contributed by atoms with Crippen molar-refractivity contribution >= 4 is 17.5 Å². The summed E-state index contributed by atoms with van der Waals surface area (Å²) in [7, 11) is 3.53. The standard InChI is InChI=1S/C11H16ClN3O3/c1-14-5-8(4-13-14)18-10-7-17-6-9(10)15(2)11(16)3-12/h4-5,9-10H,3,6-7H2,1-2H3/t9-,10+/m1/s1. The van der Waals surface area contributed by atoms with E-state index in [0.29, 0.717) is 19.0 Å². The van der Waals surface area contributed by atoms with Gasteiger partial charge in [0.2, 0.25) is 5.91 Å². The SMILES string of the molecule is CN(C(=O)CCl)[C@@H]1COC[C@@H]1Oc1cnn(C)c1. The highest BCUT2D eigenvalue weighted by molar-refractivity contribution is 6.27. The molecular formula is C11H16ClN3O3. The average Bonchev–Trinajstić information content (AvgIpc) is 2.97. The zero-order chi connectivity index (χ0) is 13.1. The van der Waals surface area contributed by atoms with Crippen molar-refractivity contribution in [3.63, 3.8) is 0 Å². The first kappa shape index (κ1) is 13.2. The van der Waals surface area contributed by atoms with Gasteiger partial charge in [-0.05, 0) is 0 Å². The van der Waals surface area contributed by atoms with Crippen molar-refractivity contribution in [3.05, 3.63) is 12.4 Å². The number of aryl methyl sites for hydroxylation is 1. The minimum Gasteiger partial charge on any atom is -0.482 e. The van der Waals surface area contributed by atoms with Gasteiger partial charge in [0.15, 0.2) is 5.75 Å². The normalized spacial score (nSPS) is 23.1. The molecule has 0 saturated carbocycles. The zero-order valence-corrected chi connectivity index (χ0v) is 11.1. The van der Waals surface area contributed by atoms with E-state index in [1.54, 1.807) is 29.0 Å². The van der Waals surface area contributed by atoms with Crippen molar-refractivity contribution in [1.29, 1.82) is 0 Å². The second-order valence-electron chi connectivity index (χ2n) is 4.25. The molecule has 1 saturated heterocycles. The van der Waals surface area contributed by atoms with Crippen LogP contribution in [-0.4, -0.2) is 58.9 Å². The quantitative estimate of drug-likeness (QED) is 0.739. The molecule has 1 fully saturated rings. The number of carbonyl (C=O) groups is 1. The summed E-state index contributed by atoms with van der Waals surface area (Å²) in [6.45, 7) is 0.920. The number of nitrogens with zero attached hydrogens (tertiary/aromatic N) is 3. The number of carbonyl (C=O) groups excluding carboxylic acids is 1. The zero-order valence-electron chi connectivity index (χ0n) is 10.4. The van der Waals surface area contributed by atoms with Gasteiger partial charge < -0.3 is 14.4 Å². The van der Waals surface area contributed by atoms with Crippen LogP contribution < -0.4 is 4.74 Å². The Morgan fingerprint density at radius 3 is 3.11 bits per heavy atom. The molecule has 2 atom stereocenters. The van der Waals surface area contributed by atoms with Crippen molar-refractivity contribution in [2.45, 2.75) is 12.1 Å². The van der Waals surface area contributed by atoms with Crippen LogP contribution in [0.2, 0.25) is 0 Å². The molecule has 0 aliphatic carbocycles. The van der Waals surface area contributed by atoms with Gasteiger partial charge in [0.25, 0.3) is 0 Å². The summed E-state index contributed by atoms with van der Waals surface area (Å²) in [4.78, 5) is 13.2. The van der Waals surface area contributed by atoms with E-state index in [9.17, 15) is 4.79 Å². The van der Waals surface area contributed by atoms with E-state index in [1.165, 1.54) is 0 Å². The van der Waals surface area contributed by atoms with Gasteiger partial charge in [-0.15, -0.1) is 11.6 Å². The molecule has 1 aliphatic heterocycles. The molecule has 1 aliphatic rings. The molecule has 0 radical (unpaired) electrons. The number of likely N-dealkylation sites (N-methyl/N-ethyl adjacent to an activating group) is 1. The second kappa shape index (κ2) is 5.58. The second-order valence-corrected chi connectivity index (χ2v) is 4.52. The van der Waals surface area contributed by atoms with Crippen molar-refractivity contribution in [1.82, 2.24) is 14.7 Å². The van der Waals surface area contributed by atoms with Crippen LogP contribution in [0.1, 0.15) is 0 Å². The minimum atomic E-state index is -0.189. The highest BCUT2D eigenvalue weighted by Crippen LogP contribution is 2.19. The molecule has 6 nitrogen and oxygen atoms in total. The highest BCUT2D eigenvalue weighted by atomic mass is 35.5. The van der Waals surface area contributed by atoms with Crippen molar-refractivity contribution in [2.24, 2.45) is 7.05 Å². The van der Waals surface area contributed by atoms with Crippen LogP contribution in [0.15, 0.2) is 12.4 Å². The Hall–Kier alpha value is -1.27. The van der Waals surface area contributed by atoms with Gasteiger partial charge in [0.05, 0.1) is 31.6 Å². The minimum absolute atomic E-state index is 0.0351. The van der Waals surface area contributed by atoms with Gasteiger partial charge in [0.1, 0.15) is 12.0 Å². The molecule has 2 rings (SSSR count). The first-order chi connectivity index (χ1) is 8.61. The summed E-state index contributed by atoms with van der Waals surface area (Å²) in [5, 5.41) is 4.03. The fraction of sp³-hybridized carbons (Fsp3) is 0.636. The summed E-state index contributed by atoms with van der Waals surface area (Å²) in [5.41, 5.74) is 0. The van der Waals surface area contributed by atoms with Crippen LogP contribution in [0.3, 0.4) is 0 Å². The van der Waals surface area contributed by atoms with Crippen LogP contribution in [-0.2, 0) is 16.6 Å². The topological polar surface area (TPSA) is 56.6 Å². The smallest absolute Gasteiger partial charge is 0.237 e. The number of aromatic nitrogens is 2. The van der Waals surface area contributed by atoms with Gasteiger partial charge in [-0.2, -0.15) is 5.10 Å². The molecule has 0 bridgehead atoms. The third kappa shape index (κ3) is 2.76. The van der Waals surface area contributed by atoms with Gasteiger partial charge in [-0.3, -0.25) is 9.48 Å². The van der Waals surface area contributed by atoms with E-state index in [-0.39, 0.29) is 23.9 Å². The predicted molar refractivity (Wildman–Crippen MR) is 65.7 cm³/mol. The number of ether oxygens (including phenoxy) is 2. The lowest BCUT2D eigenvalue weighted by Gasteiger charge is -2.27. The van der Waals surface area contributed by atoms with Gasteiger partial charge in [-0.25, -0.2) is 0 Å². The summed E-state index contributed by atoms with van der Waals surface area (Å²) in [6, 6.07) is -0.114. The molecule has 2 heterocycles. The van der Waals surface area contributed by atoms with Gasteiger partial charge in [0, 0.05) is 14.1 Å². The molecular weight excluding hydrogens is 258 g/mol. The van der Waals surface area contributed by atoms with E-state index in [1.807, 2.05) is 7.05 Å². The first-order valence-electron chi connectivity index (χ1n) is 5.66. The van der Waals surface area contributed by atoms with E-state index in [0.717, 1.165) is 0 Å². The molecule has 1 aromatic heterocycles. The molecule has 100 valence electrons. The molecule has 0 spiro atoms. The third-order valence-corrected chi connectivity index (χ3v) is 3.20. The van der Waals surface area contributed by atoms with Crippen LogP contribution >= 0.6 is 11.6 Å². The highest BCUT2D eigenvalue weighted by Gasteiger charge is 2.35. The number of rotatable bonds is 4.